The first-order valence-corrected chi connectivity index (χ1v) is 14.1. The molecule has 0 aromatic heterocycles. The second-order valence-corrected chi connectivity index (χ2v) is 11.8. The molecular formula is C24H34N2O7S2. The van der Waals surface area contributed by atoms with Gasteiger partial charge in [-0.1, -0.05) is 17.7 Å². The summed E-state index contributed by atoms with van der Waals surface area (Å²) in [5.74, 6) is -0.0814. The first-order chi connectivity index (χ1) is 16.3. The van der Waals surface area contributed by atoms with Crippen molar-refractivity contribution in [3.8, 4) is 5.75 Å². The van der Waals surface area contributed by atoms with Gasteiger partial charge in [-0.2, -0.15) is 4.72 Å². The van der Waals surface area contributed by atoms with Gasteiger partial charge in [0, 0.05) is 6.54 Å². The van der Waals surface area contributed by atoms with E-state index < -0.39 is 32.1 Å². The van der Waals surface area contributed by atoms with Gasteiger partial charge in [-0.25, -0.2) is 21.6 Å². The van der Waals surface area contributed by atoms with Crippen molar-refractivity contribution in [3.63, 3.8) is 0 Å². The van der Waals surface area contributed by atoms with Crippen LogP contribution in [0.5, 0.6) is 5.75 Å². The SMILES string of the molecule is COC(=O)C(CCCCNS(=O)(=O)c1c(C)cc(OC)c(C)c1C)NS(=O)(=O)c1ccc(C)cc1. The zero-order chi connectivity index (χ0) is 26.4. The van der Waals surface area contributed by atoms with Gasteiger partial charge in [0.15, 0.2) is 0 Å². The third kappa shape index (κ3) is 7.26. The minimum absolute atomic E-state index is 0.0466. The summed E-state index contributed by atoms with van der Waals surface area (Å²) in [5, 5.41) is 0. The second-order valence-electron chi connectivity index (χ2n) is 8.38. The largest absolute Gasteiger partial charge is 0.496 e. The van der Waals surface area contributed by atoms with Crippen molar-refractivity contribution in [2.45, 2.75) is 62.8 Å². The van der Waals surface area contributed by atoms with Gasteiger partial charge in [0.2, 0.25) is 20.0 Å². The van der Waals surface area contributed by atoms with Gasteiger partial charge in [-0.3, -0.25) is 4.79 Å². The highest BCUT2D eigenvalue weighted by molar-refractivity contribution is 7.89. The van der Waals surface area contributed by atoms with Crippen molar-refractivity contribution < 1.29 is 31.1 Å². The minimum Gasteiger partial charge on any atom is -0.496 e. The molecule has 0 radical (unpaired) electrons. The molecule has 0 heterocycles. The Morgan fingerprint density at radius 3 is 2.11 bits per heavy atom. The molecule has 0 fully saturated rings. The highest BCUT2D eigenvalue weighted by atomic mass is 32.2. The van der Waals surface area contributed by atoms with Crippen molar-refractivity contribution in [2.24, 2.45) is 0 Å². The van der Waals surface area contributed by atoms with E-state index in [1.54, 1.807) is 39.0 Å². The Morgan fingerprint density at radius 1 is 0.914 bits per heavy atom. The normalized spacial score (nSPS) is 12.9. The lowest BCUT2D eigenvalue weighted by Gasteiger charge is -2.18. The number of methoxy groups -OCH3 is 2. The second kappa shape index (κ2) is 12.0. The maximum Gasteiger partial charge on any atom is 0.323 e. The molecule has 0 saturated carbocycles. The molecular weight excluding hydrogens is 492 g/mol. The molecule has 0 aliphatic rings. The Morgan fingerprint density at radius 2 is 1.54 bits per heavy atom. The van der Waals surface area contributed by atoms with Crippen LogP contribution in [-0.4, -0.2) is 49.6 Å². The number of rotatable bonds is 12. The molecule has 2 N–H and O–H groups in total. The average Bonchev–Trinajstić information content (AvgIpc) is 2.79. The van der Waals surface area contributed by atoms with Crippen LogP contribution in [0.3, 0.4) is 0 Å². The van der Waals surface area contributed by atoms with Crippen LogP contribution in [0, 0.1) is 27.7 Å². The zero-order valence-corrected chi connectivity index (χ0v) is 22.6. The number of ether oxygens (including phenoxy) is 2. The fourth-order valence-electron chi connectivity index (χ4n) is 3.74. The van der Waals surface area contributed by atoms with Crippen molar-refractivity contribution >= 4 is 26.0 Å². The summed E-state index contributed by atoms with van der Waals surface area (Å²) in [7, 11) is -4.97. The summed E-state index contributed by atoms with van der Waals surface area (Å²) in [4.78, 5) is 12.4. The monoisotopic (exact) mass is 526 g/mol. The number of carbonyl (C=O) groups is 1. The quantitative estimate of drug-likeness (QED) is 0.321. The molecule has 194 valence electrons. The number of sulfonamides is 2. The number of carbonyl (C=O) groups excluding carboxylic acids is 1. The predicted octanol–water partition coefficient (Wildman–Crippen LogP) is 2.90. The van der Waals surface area contributed by atoms with E-state index in [1.807, 2.05) is 6.92 Å². The number of aryl methyl sites for hydroxylation is 2. The minimum atomic E-state index is -3.93. The summed E-state index contributed by atoms with van der Waals surface area (Å²) in [6.07, 6.45) is 0.934. The number of benzene rings is 2. The van der Waals surface area contributed by atoms with Gasteiger partial charge >= 0.3 is 5.97 Å². The van der Waals surface area contributed by atoms with E-state index in [0.29, 0.717) is 29.7 Å². The number of unbranched alkanes of at least 4 members (excludes halogenated alkanes) is 1. The molecule has 0 amide bonds. The molecule has 0 spiro atoms. The molecule has 1 atom stereocenters. The van der Waals surface area contributed by atoms with E-state index in [1.165, 1.54) is 26.4 Å². The molecule has 0 saturated heterocycles. The summed E-state index contributed by atoms with van der Waals surface area (Å²) in [6, 6.07) is 6.87. The third-order valence-corrected chi connectivity index (χ3v) is 9.03. The lowest BCUT2D eigenvalue weighted by atomic mass is 10.1. The molecule has 0 aliphatic carbocycles. The van der Waals surface area contributed by atoms with Gasteiger partial charge in [-0.15, -0.1) is 0 Å². The third-order valence-electron chi connectivity index (χ3n) is 5.79. The standard InChI is InChI=1S/C24H34N2O7S2/c1-16-10-12-20(13-11-16)34(28,29)26-21(24(27)33-6)9-7-8-14-25-35(30,31)23-17(2)15-22(32-5)18(3)19(23)4/h10-13,15,21,25-26H,7-9,14H2,1-6H3. The Bertz CT molecular complexity index is 1260. The summed E-state index contributed by atoms with van der Waals surface area (Å²) >= 11 is 0. The van der Waals surface area contributed by atoms with E-state index in [-0.39, 0.29) is 22.8 Å². The molecule has 2 rings (SSSR count). The van der Waals surface area contributed by atoms with Crippen molar-refractivity contribution in [1.29, 1.82) is 0 Å². The lowest BCUT2D eigenvalue weighted by molar-refractivity contribution is -0.142. The topological polar surface area (TPSA) is 128 Å². The number of hydrogen-bond acceptors (Lipinski definition) is 7. The van der Waals surface area contributed by atoms with Crippen LogP contribution in [-0.2, 0) is 29.6 Å². The predicted molar refractivity (Wildman–Crippen MR) is 134 cm³/mol. The van der Waals surface area contributed by atoms with E-state index in [4.69, 9.17) is 9.47 Å². The van der Waals surface area contributed by atoms with Gasteiger partial charge < -0.3 is 9.47 Å². The Kier molecular flexibility index (Phi) is 9.85. The van der Waals surface area contributed by atoms with Crippen molar-refractivity contribution in [2.75, 3.05) is 20.8 Å². The molecule has 2 aromatic carbocycles. The van der Waals surface area contributed by atoms with Gasteiger partial charge in [0.25, 0.3) is 0 Å². The smallest absolute Gasteiger partial charge is 0.323 e. The van der Waals surface area contributed by atoms with Crippen LogP contribution in [0.25, 0.3) is 0 Å². The highest BCUT2D eigenvalue weighted by Gasteiger charge is 2.26. The zero-order valence-electron chi connectivity index (χ0n) is 21.0. The summed E-state index contributed by atoms with van der Waals surface area (Å²) < 4.78 is 66.2. The molecule has 0 bridgehead atoms. The van der Waals surface area contributed by atoms with Crippen LogP contribution in [0.4, 0.5) is 0 Å². The number of nitrogens with one attached hydrogen (secondary N) is 2. The van der Waals surface area contributed by atoms with Crippen molar-refractivity contribution in [1.82, 2.24) is 9.44 Å². The maximum absolute atomic E-state index is 12.9. The number of hydrogen-bond donors (Lipinski definition) is 2. The van der Waals surface area contributed by atoms with Gasteiger partial charge in [0.1, 0.15) is 11.8 Å². The van der Waals surface area contributed by atoms with Crippen LogP contribution < -0.4 is 14.2 Å². The molecule has 11 heteroatoms. The van der Waals surface area contributed by atoms with Gasteiger partial charge in [0.05, 0.1) is 24.0 Å². The van der Waals surface area contributed by atoms with E-state index in [0.717, 1.165) is 11.1 Å². The Labute approximate surface area is 208 Å². The van der Waals surface area contributed by atoms with Crippen LogP contribution >= 0.6 is 0 Å². The summed E-state index contributed by atoms with van der Waals surface area (Å²) in [5.41, 5.74) is 2.85. The first kappa shape index (κ1) is 28.8. The molecule has 0 aliphatic heterocycles. The van der Waals surface area contributed by atoms with E-state index >= 15 is 0 Å². The van der Waals surface area contributed by atoms with Crippen LogP contribution in [0.1, 0.15) is 41.5 Å². The summed E-state index contributed by atoms with van der Waals surface area (Å²) in [6.45, 7) is 7.22. The molecule has 2 aromatic rings. The fourth-order valence-corrected chi connectivity index (χ4v) is 6.55. The molecule has 35 heavy (non-hydrogen) atoms. The van der Waals surface area contributed by atoms with Crippen molar-refractivity contribution in [3.05, 3.63) is 52.6 Å². The molecule has 1 unspecified atom stereocenters. The molecule has 9 nitrogen and oxygen atoms in total. The number of esters is 1. The van der Waals surface area contributed by atoms with Crippen LogP contribution in [0.2, 0.25) is 0 Å². The Balaban J connectivity index is 2.01. The van der Waals surface area contributed by atoms with E-state index in [9.17, 15) is 21.6 Å². The fraction of sp³-hybridized carbons (Fsp3) is 0.458. The first-order valence-electron chi connectivity index (χ1n) is 11.1. The van der Waals surface area contributed by atoms with Gasteiger partial charge in [-0.05, 0) is 81.8 Å². The Hall–Kier alpha value is -2.47. The maximum atomic E-state index is 12.9. The lowest BCUT2D eigenvalue weighted by Crippen LogP contribution is -2.41. The van der Waals surface area contributed by atoms with E-state index in [2.05, 4.69) is 9.44 Å². The average molecular weight is 527 g/mol. The van der Waals surface area contributed by atoms with Crippen LogP contribution in [0.15, 0.2) is 40.1 Å². The highest BCUT2D eigenvalue weighted by Crippen LogP contribution is 2.30.